The molecule has 0 aliphatic rings. The number of ether oxygens (including phenoxy) is 2. The molecule has 0 rings (SSSR count). The molecule has 0 aliphatic heterocycles. The lowest BCUT2D eigenvalue weighted by Gasteiger charge is -2.15. The molecule has 250 valence electrons. The van der Waals surface area contributed by atoms with Gasteiger partial charge in [0.05, 0.1) is 6.61 Å². The van der Waals surface area contributed by atoms with Crippen molar-refractivity contribution in [1.82, 2.24) is 0 Å². The average Bonchev–Trinajstić information content (AvgIpc) is 2.99. The molecule has 0 aromatic heterocycles. The second kappa shape index (κ2) is 34.4. The molecule has 0 radical (unpaired) electrons. The van der Waals surface area contributed by atoms with Crippen LogP contribution in [0.5, 0.6) is 0 Å². The van der Waals surface area contributed by atoms with Gasteiger partial charge in [0.2, 0.25) is 0 Å². The van der Waals surface area contributed by atoms with Crippen molar-refractivity contribution in [3.63, 3.8) is 0 Å². The number of carbonyl (C=O) groups is 2. The lowest BCUT2D eigenvalue weighted by Crippen LogP contribution is -2.28. The van der Waals surface area contributed by atoms with E-state index in [4.69, 9.17) is 9.47 Å². The monoisotopic (exact) mass is 597 g/mol. The van der Waals surface area contributed by atoms with Crippen LogP contribution < -0.4 is 0 Å². The Hall–Kier alpha value is -1.10. The minimum Gasteiger partial charge on any atom is -0.462 e. The van der Waals surface area contributed by atoms with E-state index in [9.17, 15) is 14.7 Å². The second-order valence-corrected chi connectivity index (χ2v) is 12.7. The summed E-state index contributed by atoms with van der Waals surface area (Å²) in [5, 5.41) is 9.52. The first kappa shape index (κ1) is 40.9. The van der Waals surface area contributed by atoms with E-state index < -0.39 is 6.10 Å². The van der Waals surface area contributed by atoms with Gasteiger partial charge in [-0.25, -0.2) is 0 Å². The van der Waals surface area contributed by atoms with Gasteiger partial charge in [-0.3, -0.25) is 9.59 Å². The third-order valence-electron chi connectivity index (χ3n) is 8.40. The summed E-state index contributed by atoms with van der Waals surface area (Å²) >= 11 is 0. The molecule has 0 aromatic carbocycles. The quantitative estimate of drug-likeness (QED) is 0.0591. The van der Waals surface area contributed by atoms with Crippen LogP contribution in [0.25, 0.3) is 0 Å². The maximum atomic E-state index is 12.1. The molecule has 5 nitrogen and oxygen atoms in total. The van der Waals surface area contributed by atoms with Crippen LogP contribution in [0.4, 0.5) is 0 Å². The van der Waals surface area contributed by atoms with Crippen molar-refractivity contribution in [2.24, 2.45) is 0 Å². The van der Waals surface area contributed by atoms with Crippen molar-refractivity contribution in [3.8, 4) is 0 Å². The van der Waals surface area contributed by atoms with Crippen LogP contribution >= 0.6 is 0 Å². The molecule has 42 heavy (non-hydrogen) atoms. The normalized spacial score (nSPS) is 12.0. The van der Waals surface area contributed by atoms with E-state index in [0.717, 1.165) is 32.1 Å². The van der Waals surface area contributed by atoms with Gasteiger partial charge in [0.15, 0.2) is 6.10 Å². The molecule has 0 heterocycles. The summed E-state index contributed by atoms with van der Waals surface area (Å²) < 4.78 is 10.6. The van der Waals surface area contributed by atoms with Gasteiger partial charge in [0.25, 0.3) is 0 Å². The summed E-state index contributed by atoms with van der Waals surface area (Å²) in [6.45, 7) is 4.15. The van der Waals surface area contributed by atoms with Crippen LogP contribution in [0, 0.1) is 0 Å². The van der Waals surface area contributed by atoms with E-state index in [-0.39, 0.29) is 25.2 Å². The van der Waals surface area contributed by atoms with Gasteiger partial charge < -0.3 is 14.6 Å². The predicted octanol–water partition coefficient (Wildman–Crippen LogP) is 11.2. The molecule has 0 unspecified atom stereocenters. The Labute approximate surface area is 261 Å². The van der Waals surface area contributed by atoms with Crippen LogP contribution in [0.2, 0.25) is 0 Å². The first-order chi connectivity index (χ1) is 20.6. The molecule has 0 spiro atoms. The first-order valence-electron chi connectivity index (χ1n) is 18.6. The Morgan fingerprint density at radius 2 is 0.738 bits per heavy atom. The standard InChI is InChI=1S/C37H72O5/c1-3-5-7-9-11-13-15-17-18-20-22-24-26-28-30-32-37(40)42-35(33-38)34-41-36(39)31-29-27-25-23-21-19-16-14-12-10-8-6-4-2/h35,38H,3-34H2,1-2H3/t35-/m0/s1. The fraction of sp³-hybridized carbons (Fsp3) is 0.946. The van der Waals surface area contributed by atoms with Gasteiger partial charge in [-0.2, -0.15) is 0 Å². The minimum absolute atomic E-state index is 0.0572. The van der Waals surface area contributed by atoms with E-state index >= 15 is 0 Å². The molecule has 0 aromatic rings. The zero-order valence-corrected chi connectivity index (χ0v) is 28.3. The number of aliphatic hydroxyl groups excluding tert-OH is 1. The highest BCUT2D eigenvalue weighted by atomic mass is 16.6. The Morgan fingerprint density at radius 3 is 1.05 bits per heavy atom. The molecule has 0 fully saturated rings. The van der Waals surface area contributed by atoms with Crippen LogP contribution in [0.3, 0.4) is 0 Å². The maximum absolute atomic E-state index is 12.1. The van der Waals surface area contributed by atoms with Gasteiger partial charge >= 0.3 is 11.9 Å². The number of hydrogen-bond acceptors (Lipinski definition) is 5. The molecule has 0 bridgehead atoms. The summed E-state index contributed by atoms with van der Waals surface area (Å²) in [5.41, 5.74) is 0. The van der Waals surface area contributed by atoms with Gasteiger partial charge in [0, 0.05) is 12.8 Å². The van der Waals surface area contributed by atoms with Gasteiger partial charge in [-0.15, -0.1) is 0 Å². The highest BCUT2D eigenvalue weighted by molar-refractivity contribution is 5.70. The van der Waals surface area contributed by atoms with E-state index in [2.05, 4.69) is 13.8 Å². The highest BCUT2D eigenvalue weighted by Crippen LogP contribution is 2.15. The van der Waals surface area contributed by atoms with Crippen molar-refractivity contribution in [3.05, 3.63) is 0 Å². The Kier molecular flexibility index (Phi) is 33.5. The number of aliphatic hydroxyl groups is 1. The topological polar surface area (TPSA) is 72.8 Å². The molecule has 0 amide bonds. The molecule has 0 saturated heterocycles. The lowest BCUT2D eigenvalue weighted by molar-refractivity contribution is -0.161. The van der Waals surface area contributed by atoms with Crippen molar-refractivity contribution in [2.45, 2.75) is 213 Å². The molecule has 0 aliphatic carbocycles. The number of hydrogen-bond donors (Lipinski definition) is 1. The summed E-state index contributed by atoms with van der Waals surface area (Å²) in [6.07, 6.45) is 35.8. The van der Waals surface area contributed by atoms with Crippen LogP contribution in [-0.4, -0.2) is 36.4 Å². The highest BCUT2D eigenvalue weighted by Gasteiger charge is 2.16. The van der Waals surface area contributed by atoms with Crippen LogP contribution in [-0.2, 0) is 19.1 Å². The van der Waals surface area contributed by atoms with Gasteiger partial charge in [-0.05, 0) is 12.8 Å². The van der Waals surface area contributed by atoms with E-state index in [1.165, 1.54) is 148 Å². The Balaban J connectivity index is 3.51. The number of esters is 2. The summed E-state index contributed by atoms with van der Waals surface area (Å²) in [6, 6.07) is 0. The molecular formula is C37H72O5. The summed E-state index contributed by atoms with van der Waals surface area (Å²) in [5.74, 6) is -0.578. The van der Waals surface area contributed by atoms with Crippen molar-refractivity contribution < 1.29 is 24.2 Å². The average molecular weight is 597 g/mol. The molecular weight excluding hydrogens is 524 g/mol. The van der Waals surface area contributed by atoms with E-state index in [1.54, 1.807) is 0 Å². The molecule has 5 heteroatoms. The predicted molar refractivity (Wildman–Crippen MR) is 178 cm³/mol. The molecule has 1 N–H and O–H groups in total. The van der Waals surface area contributed by atoms with Crippen molar-refractivity contribution in [1.29, 1.82) is 0 Å². The largest absolute Gasteiger partial charge is 0.462 e. The van der Waals surface area contributed by atoms with E-state index in [1.807, 2.05) is 0 Å². The SMILES string of the molecule is CCCCCCCCCCCCCCCCCC(=O)O[C@@H](CO)COC(=O)CCCCCCCCCCCCCCC. The molecule has 1 atom stereocenters. The Morgan fingerprint density at radius 1 is 0.452 bits per heavy atom. The van der Waals surface area contributed by atoms with Crippen molar-refractivity contribution >= 4 is 11.9 Å². The smallest absolute Gasteiger partial charge is 0.306 e. The number of rotatable bonds is 34. The first-order valence-corrected chi connectivity index (χ1v) is 18.6. The summed E-state index contributed by atoms with van der Waals surface area (Å²) in [7, 11) is 0. The zero-order valence-electron chi connectivity index (χ0n) is 28.3. The lowest BCUT2D eigenvalue weighted by atomic mass is 10.0. The van der Waals surface area contributed by atoms with Crippen LogP contribution in [0.1, 0.15) is 206 Å². The summed E-state index contributed by atoms with van der Waals surface area (Å²) in [4.78, 5) is 24.2. The maximum Gasteiger partial charge on any atom is 0.306 e. The van der Waals surface area contributed by atoms with Gasteiger partial charge in [0.1, 0.15) is 6.61 Å². The fourth-order valence-corrected chi connectivity index (χ4v) is 5.55. The van der Waals surface area contributed by atoms with Gasteiger partial charge in [-0.1, -0.05) is 181 Å². The third kappa shape index (κ3) is 31.8. The molecule has 0 saturated carbocycles. The van der Waals surface area contributed by atoms with Crippen LogP contribution in [0.15, 0.2) is 0 Å². The third-order valence-corrected chi connectivity index (χ3v) is 8.40. The Bertz CT molecular complexity index is 564. The minimum atomic E-state index is -0.760. The second-order valence-electron chi connectivity index (χ2n) is 12.7. The number of unbranched alkanes of at least 4 members (excludes halogenated alkanes) is 26. The fourth-order valence-electron chi connectivity index (χ4n) is 5.55. The van der Waals surface area contributed by atoms with Crippen molar-refractivity contribution in [2.75, 3.05) is 13.2 Å². The zero-order chi connectivity index (χ0) is 30.8. The van der Waals surface area contributed by atoms with E-state index in [0.29, 0.717) is 12.8 Å². The number of carbonyl (C=O) groups excluding carboxylic acids is 2.